The van der Waals surface area contributed by atoms with Crippen LogP contribution in [0.3, 0.4) is 0 Å². The van der Waals surface area contributed by atoms with Gasteiger partial charge in [0, 0.05) is 49.9 Å². The zero-order valence-electron chi connectivity index (χ0n) is 15.4. The summed E-state index contributed by atoms with van der Waals surface area (Å²) in [5, 5.41) is 0.952. The number of pyridine rings is 1. The van der Waals surface area contributed by atoms with Crippen LogP contribution >= 0.6 is 0 Å². The number of hydrogen-bond acceptors (Lipinski definition) is 4. The van der Waals surface area contributed by atoms with Crippen LogP contribution in [0, 0.1) is 0 Å². The van der Waals surface area contributed by atoms with Gasteiger partial charge in [0.05, 0.1) is 12.1 Å². The SMILES string of the molecule is O=c1ccc2c(OCCCN3CCN(c4ccccc4)CC3)cccc2[nH]1. The van der Waals surface area contributed by atoms with Crippen LogP contribution in [0.25, 0.3) is 10.9 Å². The third kappa shape index (κ3) is 4.31. The lowest BCUT2D eigenvalue weighted by Crippen LogP contribution is -2.46. The van der Waals surface area contributed by atoms with Gasteiger partial charge in [-0.1, -0.05) is 24.3 Å². The second-order valence-corrected chi connectivity index (χ2v) is 6.91. The van der Waals surface area contributed by atoms with Crippen molar-refractivity contribution in [2.75, 3.05) is 44.2 Å². The van der Waals surface area contributed by atoms with Crippen molar-refractivity contribution in [3.63, 3.8) is 0 Å². The summed E-state index contributed by atoms with van der Waals surface area (Å²) in [6.07, 6.45) is 0.991. The van der Waals surface area contributed by atoms with Gasteiger partial charge in [0.2, 0.25) is 5.56 Å². The van der Waals surface area contributed by atoms with Crippen LogP contribution in [-0.4, -0.2) is 49.2 Å². The van der Waals surface area contributed by atoms with Crippen molar-refractivity contribution in [3.8, 4) is 5.75 Å². The molecule has 140 valence electrons. The van der Waals surface area contributed by atoms with Gasteiger partial charge in [-0.3, -0.25) is 9.69 Å². The number of H-pyrrole nitrogens is 1. The number of nitrogens with zero attached hydrogens (tertiary/aromatic N) is 2. The fourth-order valence-electron chi connectivity index (χ4n) is 3.62. The molecule has 1 saturated heterocycles. The van der Waals surface area contributed by atoms with E-state index in [1.54, 1.807) is 6.07 Å². The molecule has 2 aromatic carbocycles. The molecule has 1 aliphatic rings. The number of hydrogen-bond donors (Lipinski definition) is 1. The van der Waals surface area contributed by atoms with E-state index in [9.17, 15) is 4.79 Å². The molecule has 0 radical (unpaired) electrons. The van der Waals surface area contributed by atoms with Gasteiger partial charge >= 0.3 is 0 Å². The molecule has 0 amide bonds. The molecule has 1 aromatic heterocycles. The fraction of sp³-hybridized carbons (Fsp3) is 0.318. The van der Waals surface area contributed by atoms with Gasteiger partial charge < -0.3 is 14.6 Å². The van der Waals surface area contributed by atoms with E-state index >= 15 is 0 Å². The van der Waals surface area contributed by atoms with Gasteiger partial charge in [-0.25, -0.2) is 0 Å². The number of benzene rings is 2. The summed E-state index contributed by atoms with van der Waals surface area (Å²) in [6, 6.07) is 19.8. The van der Waals surface area contributed by atoms with Crippen molar-refractivity contribution in [1.29, 1.82) is 0 Å². The molecule has 1 aliphatic heterocycles. The maximum atomic E-state index is 11.4. The summed E-state index contributed by atoms with van der Waals surface area (Å²) in [4.78, 5) is 19.2. The highest BCUT2D eigenvalue weighted by Crippen LogP contribution is 2.23. The highest BCUT2D eigenvalue weighted by molar-refractivity contribution is 5.84. The molecule has 3 aromatic rings. The van der Waals surface area contributed by atoms with Gasteiger partial charge in [-0.05, 0) is 36.8 Å². The van der Waals surface area contributed by atoms with E-state index in [-0.39, 0.29) is 5.56 Å². The Balaban J connectivity index is 1.24. The number of ether oxygens (including phenoxy) is 1. The van der Waals surface area contributed by atoms with Crippen LogP contribution in [0.15, 0.2) is 65.5 Å². The average molecular weight is 363 g/mol. The lowest BCUT2D eigenvalue weighted by molar-refractivity contribution is 0.225. The minimum atomic E-state index is -0.0886. The summed E-state index contributed by atoms with van der Waals surface area (Å²) in [5.41, 5.74) is 2.04. The lowest BCUT2D eigenvalue weighted by atomic mass is 10.2. The first-order valence-corrected chi connectivity index (χ1v) is 9.57. The highest BCUT2D eigenvalue weighted by Gasteiger charge is 2.16. The summed E-state index contributed by atoms with van der Waals surface area (Å²) in [6.45, 7) is 6.04. The van der Waals surface area contributed by atoms with Crippen molar-refractivity contribution >= 4 is 16.6 Å². The quantitative estimate of drug-likeness (QED) is 0.684. The summed E-state index contributed by atoms with van der Waals surface area (Å²) in [5.74, 6) is 0.831. The van der Waals surface area contributed by atoms with Gasteiger partial charge in [0.1, 0.15) is 5.75 Å². The van der Waals surface area contributed by atoms with Gasteiger partial charge in [-0.15, -0.1) is 0 Å². The van der Waals surface area contributed by atoms with Crippen molar-refractivity contribution in [3.05, 3.63) is 71.0 Å². The first-order chi connectivity index (χ1) is 13.3. The number of aromatic nitrogens is 1. The Morgan fingerprint density at radius 1 is 0.889 bits per heavy atom. The Labute approximate surface area is 159 Å². The second-order valence-electron chi connectivity index (χ2n) is 6.91. The van der Waals surface area contributed by atoms with E-state index in [1.807, 2.05) is 24.3 Å². The topological polar surface area (TPSA) is 48.6 Å². The number of anilines is 1. The predicted molar refractivity (Wildman–Crippen MR) is 110 cm³/mol. The molecule has 4 rings (SSSR count). The number of rotatable bonds is 6. The van der Waals surface area contributed by atoms with Crippen LogP contribution in [0.1, 0.15) is 6.42 Å². The molecule has 5 heteroatoms. The molecular formula is C22H25N3O2. The largest absolute Gasteiger partial charge is 0.493 e. The molecule has 1 fully saturated rings. The smallest absolute Gasteiger partial charge is 0.248 e. The normalized spacial score (nSPS) is 15.2. The Kier molecular flexibility index (Phi) is 5.39. The van der Waals surface area contributed by atoms with E-state index in [0.29, 0.717) is 6.61 Å². The minimum Gasteiger partial charge on any atom is -0.493 e. The molecule has 0 bridgehead atoms. The van der Waals surface area contributed by atoms with E-state index < -0.39 is 0 Å². The van der Waals surface area contributed by atoms with E-state index in [4.69, 9.17) is 4.74 Å². The van der Waals surface area contributed by atoms with Crippen molar-refractivity contribution < 1.29 is 4.74 Å². The van der Waals surface area contributed by atoms with E-state index in [2.05, 4.69) is 45.1 Å². The Morgan fingerprint density at radius 2 is 1.70 bits per heavy atom. The fourth-order valence-corrected chi connectivity index (χ4v) is 3.62. The molecule has 0 unspecified atom stereocenters. The monoisotopic (exact) mass is 363 g/mol. The van der Waals surface area contributed by atoms with Crippen LogP contribution in [0.5, 0.6) is 5.75 Å². The molecular weight excluding hydrogens is 338 g/mol. The van der Waals surface area contributed by atoms with Crippen LogP contribution < -0.4 is 15.2 Å². The van der Waals surface area contributed by atoms with Crippen molar-refractivity contribution in [1.82, 2.24) is 9.88 Å². The van der Waals surface area contributed by atoms with Crippen molar-refractivity contribution in [2.24, 2.45) is 0 Å². The summed E-state index contributed by atoms with van der Waals surface area (Å²) in [7, 11) is 0. The number of para-hydroxylation sites is 1. The van der Waals surface area contributed by atoms with Crippen LogP contribution in [-0.2, 0) is 0 Å². The maximum absolute atomic E-state index is 11.4. The predicted octanol–water partition coefficient (Wildman–Crippen LogP) is 3.12. The van der Waals surface area contributed by atoms with Gasteiger partial charge in [0.15, 0.2) is 0 Å². The Hall–Kier alpha value is -2.79. The van der Waals surface area contributed by atoms with Crippen molar-refractivity contribution in [2.45, 2.75) is 6.42 Å². The Morgan fingerprint density at radius 3 is 2.52 bits per heavy atom. The maximum Gasteiger partial charge on any atom is 0.248 e. The zero-order chi connectivity index (χ0) is 18.5. The molecule has 0 saturated carbocycles. The van der Waals surface area contributed by atoms with Gasteiger partial charge in [-0.2, -0.15) is 0 Å². The Bertz CT molecular complexity index is 931. The van der Waals surface area contributed by atoms with E-state index in [1.165, 1.54) is 5.69 Å². The standard InChI is InChI=1S/C22H25N3O2/c26-22-11-10-19-20(23-22)8-4-9-21(19)27-17-5-12-24-13-15-25(16-14-24)18-6-2-1-3-7-18/h1-4,6-11H,5,12-17H2,(H,23,26). The molecule has 0 atom stereocenters. The van der Waals surface area contributed by atoms with Crippen LogP contribution in [0.2, 0.25) is 0 Å². The highest BCUT2D eigenvalue weighted by atomic mass is 16.5. The third-order valence-electron chi connectivity index (χ3n) is 5.10. The first-order valence-electron chi connectivity index (χ1n) is 9.57. The second kappa shape index (κ2) is 8.27. The third-order valence-corrected chi connectivity index (χ3v) is 5.10. The number of aromatic amines is 1. The van der Waals surface area contributed by atoms with Gasteiger partial charge in [0.25, 0.3) is 0 Å². The molecule has 5 nitrogen and oxygen atoms in total. The number of fused-ring (bicyclic) bond motifs is 1. The van der Waals surface area contributed by atoms with Crippen LogP contribution in [0.4, 0.5) is 5.69 Å². The lowest BCUT2D eigenvalue weighted by Gasteiger charge is -2.36. The number of piperazine rings is 1. The summed E-state index contributed by atoms with van der Waals surface area (Å²) >= 11 is 0. The zero-order valence-corrected chi connectivity index (χ0v) is 15.4. The summed E-state index contributed by atoms with van der Waals surface area (Å²) < 4.78 is 5.98. The molecule has 1 N–H and O–H groups in total. The molecule has 0 spiro atoms. The molecule has 27 heavy (non-hydrogen) atoms. The average Bonchev–Trinajstić information content (AvgIpc) is 2.72. The van der Waals surface area contributed by atoms with E-state index in [0.717, 1.165) is 55.8 Å². The first kappa shape index (κ1) is 17.6. The molecule has 2 heterocycles. The number of nitrogens with one attached hydrogen (secondary N) is 1. The molecule has 0 aliphatic carbocycles. The minimum absolute atomic E-state index is 0.0886.